The van der Waals surface area contributed by atoms with Gasteiger partial charge < -0.3 is 9.47 Å². The van der Waals surface area contributed by atoms with E-state index in [0.717, 1.165) is 0 Å². The predicted octanol–water partition coefficient (Wildman–Crippen LogP) is 1.36. The van der Waals surface area contributed by atoms with Crippen LogP contribution in [0.1, 0.15) is 22.8 Å². The monoisotopic (exact) mass is 246 g/mol. The molecule has 0 heterocycles. The highest BCUT2D eigenvalue weighted by molar-refractivity contribution is 6.50. The topological polar surface area (TPSA) is 69.7 Å². The van der Waals surface area contributed by atoms with Crippen molar-refractivity contribution in [2.45, 2.75) is 6.92 Å². The first-order chi connectivity index (χ1) is 8.59. The molecule has 0 unspecified atom stereocenters. The van der Waals surface area contributed by atoms with E-state index in [0.29, 0.717) is 16.9 Å². The number of carbonyl (C=O) groups excluding carboxylic acids is 3. The fourth-order valence-corrected chi connectivity index (χ4v) is 1.58. The van der Waals surface area contributed by atoms with E-state index in [1.54, 1.807) is 18.2 Å². The van der Waals surface area contributed by atoms with E-state index in [1.165, 1.54) is 19.1 Å². The smallest absolute Gasteiger partial charge is 0.305 e. The number of rotatable bonds is 3. The van der Waals surface area contributed by atoms with Gasteiger partial charge in [-0.05, 0) is 18.2 Å². The zero-order chi connectivity index (χ0) is 13.1. The summed E-state index contributed by atoms with van der Waals surface area (Å²) in [6.07, 6.45) is 2.71. The van der Waals surface area contributed by atoms with Gasteiger partial charge in [0.05, 0.1) is 0 Å². The SMILES string of the molecule is CC(=O)OCOc1cccc2c1C=CC(=O)C2=O. The Morgan fingerprint density at radius 3 is 2.72 bits per heavy atom. The van der Waals surface area contributed by atoms with Gasteiger partial charge in [-0.2, -0.15) is 0 Å². The highest BCUT2D eigenvalue weighted by Crippen LogP contribution is 2.27. The normalized spacial score (nSPS) is 13.2. The number of esters is 1. The molecule has 5 nitrogen and oxygen atoms in total. The molecule has 0 aliphatic heterocycles. The van der Waals surface area contributed by atoms with Gasteiger partial charge in [0.15, 0.2) is 0 Å². The molecule has 2 rings (SSSR count). The summed E-state index contributed by atoms with van der Waals surface area (Å²) < 4.78 is 9.89. The Hall–Kier alpha value is -2.43. The maximum Gasteiger partial charge on any atom is 0.305 e. The maximum atomic E-state index is 11.6. The Morgan fingerprint density at radius 2 is 2.00 bits per heavy atom. The molecule has 0 atom stereocenters. The van der Waals surface area contributed by atoms with Crippen LogP contribution in [0.4, 0.5) is 0 Å². The van der Waals surface area contributed by atoms with Gasteiger partial charge in [-0.3, -0.25) is 14.4 Å². The molecular formula is C13H10O5. The minimum Gasteiger partial charge on any atom is -0.457 e. The molecule has 0 spiro atoms. The summed E-state index contributed by atoms with van der Waals surface area (Å²) in [6, 6.07) is 4.79. The van der Waals surface area contributed by atoms with Crippen LogP contribution >= 0.6 is 0 Å². The van der Waals surface area contributed by atoms with Gasteiger partial charge >= 0.3 is 5.97 Å². The lowest BCUT2D eigenvalue weighted by Gasteiger charge is -2.13. The number of carbonyl (C=O) groups is 3. The van der Waals surface area contributed by atoms with Crippen molar-refractivity contribution in [3.8, 4) is 5.75 Å². The Labute approximate surface area is 103 Å². The number of allylic oxidation sites excluding steroid dienone is 1. The first-order valence-electron chi connectivity index (χ1n) is 5.25. The third-order valence-electron chi connectivity index (χ3n) is 2.41. The number of benzene rings is 1. The summed E-state index contributed by atoms with van der Waals surface area (Å²) in [5, 5.41) is 0. The number of fused-ring (bicyclic) bond motifs is 1. The third-order valence-corrected chi connectivity index (χ3v) is 2.41. The zero-order valence-corrected chi connectivity index (χ0v) is 9.64. The third kappa shape index (κ3) is 2.29. The van der Waals surface area contributed by atoms with Crippen LogP contribution < -0.4 is 4.74 Å². The summed E-state index contributed by atoms with van der Waals surface area (Å²) in [5.74, 6) is -1.18. The van der Waals surface area contributed by atoms with Gasteiger partial charge in [0.1, 0.15) is 5.75 Å². The molecule has 0 fully saturated rings. The lowest BCUT2D eigenvalue weighted by atomic mass is 9.95. The van der Waals surface area contributed by atoms with E-state index in [-0.39, 0.29) is 6.79 Å². The van der Waals surface area contributed by atoms with Gasteiger partial charge in [-0.15, -0.1) is 0 Å². The van der Waals surface area contributed by atoms with Crippen molar-refractivity contribution in [2.24, 2.45) is 0 Å². The van der Waals surface area contributed by atoms with Crippen LogP contribution in [-0.2, 0) is 14.3 Å². The highest BCUT2D eigenvalue weighted by Gasteiger charge is 2.22. The summed E-state index contributed by atoms with van der Waals surface area (Å²) in [7, 11) is 0. The molecule has 1 aromatic rings. The van der Waals surface area contributed by atoms with Crippen LogP contribution in [0, 0.1) is 0 Å². The summed E-state index contributed by atoms with van der Waals surface area (Å²) in [4.78, 5) is 33.4. The van der Waals surface area contributed by atoms with Gasteiger partial charge in [-0.1, -0.05) is 12.1 Å². The standard InChI is InChI=1S/C13H10O5/c1-8(14)17-7-18-12-4-2-3-10-9(12)5-6-11(15)13(10)16/h2-6H,7H2,1H3. The van der Waals surface area contributed by atoms with E-state index in [1.807, 2.05) is 0 Å². The fourth-order valence-electron chi connectivity index (χ4n) is 1.58. The second kappa shape index (κ2) is 4.83. The molecule has 18 heavy (non-hydrogen) atoms. The minimum atomic E-state index is -0.564. The molecule has 1 aliphatic carbocycles. The quantitative estimate of drug-likeness (QED) is 0.457. The summed E-state index contributed by atoms with van der Waals surface area (Å²) >= 11 is 0. The van der Waals surface area contributed by atoms with Crippen molar-refractivity contribution in [1.82, 2.24) is 0 Å². The van der Waals surface area contributed by atoms with Crippen molar-refractivity contribution >= 4 is 23.6 Å². The first kappa shape index (κ1) is 12.0. The van der Waals surface area contributed by atoms with Crippen LogP contribution in [0.2, 0.25) is 0 Å². The first-order valence-corrected chi connectivity index (χ1v) is 5.25. The van der Waals surface area contributed by atoms with Crippen molar-refractivity contribution < 1.29 is 23.9 Å². The van der Waals surface area contributed by atoms with Crippen LogP contribution in [0.5, 0.6) is 5.75 Å². The fraction of sp³-hybridized carbons (Fsp3) is 0.154. The Bertz CT molecular complexity index is 557. The van der Waals surface area contributed by atoms with Gasteiger partial charge in [0, 0.05) is 18.1 Å². The molecule has 0 N–H and O–H groups in total. The Morgan fingerprint density at radius 1 is 1.22 bits per heavy atom. The average molecular weight is 246 g/mol. The summed E-state index contributed by atoms with van der Waals surface area (Å²) in [6.45, 7) is 1.04. The molecule has 0 radical (unpaired) electrons. The molecular weight excluding hydrogens is 236 g/mol. The van der Waals surface area contributed by atoms with E-state index < -0.39 is 17.5 Å². The van der Waals surface area contributed by atoms with Crippen molar-refractivity contribution in [1.29, 1.82) is 0 Å². The van der Waals surface area contributed by atoms with E-state index in [9.17, 15) is 14.4 Å². The van der Waals surface area contributed by atoms with Crippen molar-refractivity contribution in [3.05, 3.63) is 35.4 Å². The van der Waals surface area contributed by atoms with Crippen LogP contribution in [0.15, 0.2) is 24.3 Å². The predicted molar refractivity (Wildman–Crippen MR) is 62.1 cm³/mol. The van der Waals surface area contributed by atoms with Crippen molar-refractivity contribution in [3.63, 3.8) is 0 Å². The van der Waals surface area contributed by atoms with Gasteiger partial charge in [0.2, 0.25) is 18.4 Å². The molecule has 0 saturated carbocycles. The van der Waals surface area contributed by atoms with Crippen LogP contribution in [0.25, 0.3) is 6.08 Å². The molecule has 92 valence electrons. The van der Waals surface area contributed by atoms with Gasteiger partial charge in [0.25, 0.3) is 0 Å². The lowest BCUT2D eigenvalue weighted by Crippen LogP contribution is -2.17. The number of hydrogen-bond acceptors (Lipinski definition) is 5. The molecule has 1 aromatic carbocycles. The largest absolute Gasteiger partial charge is 0.457 e. The van der Waals surface area contributed by atoms with Crippen molar-refractivity contribution in [2.75, 3.05) is 6.79 Å². The Kier molecular flexibility index (Phi) is 3.23. The van der Waals surface area contributed by atoms with Crippen LogP contribution in [0.3, 0.4) is 0 Å². The second-order valence-electron chi connectivity index (χ2n) is 3.64. The molecule has 5 heteroatoms. The molecule has 0 amide bonds. The average Bonchev–Trinajstić information content (AvgIpc) is 2.34. The Balaban J connectivity index is 2.25. The van der Waals surface area contributed by atoms with E-state index in [2.05, 4.69) is 4.74 Å². The molecule has 0 saturated heterocycles. The molecule has 1 aliphatic rings. The minimum absolute atomic E-state index is 0.234. The number of Topliss-reactive ketones (excluding diaryl/α,β-unsaturated/α-hetero) is 1. The number of ketones is 2. The zero-order valence-electron chi connectivity index (χ0n) is 9.64. The molecule has 0 bridgehead atoms. The second-order valence-corrected chi connectivity index (χ2v) is 3.64. The highest BCUT2D eigenvalue weighted by atomic mass is 16.7. The van der Waals surface area contributed by atoms with Crippen LogP contribution in [-0.4, -0.2) is 24.3 Å². The lowest BCUT2D eigenvalue weighted by molar-refractivity contribution is -0.147. The number of ether oxygens (including phenoxy) is 2. The van der Waals surface area contributed by atoms with Gasteiger partial charge in [-0.25, -0.2) is 0 Å². The molecule has 0 aromatic heterocycles. The maximum absolute atomic E-state index is 11.6. The van der Waals surface area contributed by atoms with E-state index in [4.69, 9.17) is 4.74 Å². The summed E-state index contributed by atoms with van der Waals surface area (Å²) in [5.41, 5.74) is 0.817. The van der Waals surface area contributed by atoms with E-state index >= 15 is 0 Å². The number of hydrogen-bond donors (Lipinski definition) is 0.